The first-order valence-electron chi connectivity index (χ1n) is 6.00. The lowest BCUT2D eigenvalue weighted by molar-refractivity contribution is -0.127. The number of aryl methyl sites for hydroxylation is 1. The number of nitrogens with zero attached hydrogens (tertiary/aromatic N) is 5. The average Bonchev–Trinajstić information content (AvgIpc) is 2.99. The van der Waals surface area contributed by atoms with E-state index in [0.29, 0.717) is 13.0 Å². The van der Waals surface area contributed by atoms with Crippen LogP contribution in [-0.4, -0.2) is 62.1 Å². The van der Waals surface area contributed by atoms with Crippen LogP contribution in [0.4, 0.5) is 0 Å². The van der Waals surface area contributed by atoms with Crippen LogP contribution in [0.2, 0.25) is 0 Å². The molecule has 0 aromatic carbocycles. The van der Waals surface area contributed by atoms with Gasteiger partial charge < -0.3 is 9.80 Å². The Kier molecular flexibility index (Phi) is 2.36. The van der Waals surface area contributed by atoms with Crippen LogP contribution >= 0.6 is 0 Å². The van der Waals surface area contributed by atoms with Crippen LogP contribution in [0.3, 0.4) is 0 Å². The Morgan fingerprint density at radius 1 is 1.39 bits per heavy atom. The molecule has 96 valence electrons. The highest BCUT2D eigenvalue weighted by molar-refractivity contribution is 5.92. The third-order valence-corrected chi connectivity index (χ3v) is 3.84. The molecular formula is C11H15N5O2. The number of likely N-dealkylation sites (tertiary alicyclic amines) is 2. The summed E-state index contributed by atoms with van der Waals surface area (Å²) in [7, 11) is 3.53. The summed E-state index contributed by atoms with van der Waals surface area (Å²) in [5.41, 5.74) is 0. The summed E-state index contributed by atoms with van der Waals surface area (Å²) in [6.07, 6.45) is 2.76. The highest BCUT2D eigenvalue weighted by Crippen LogP contribution is 2.31. The van der Waals surface area contributed by atoms with Gasteiger partial charge in [0.2, 0.25) is 11.7 Å². The molecule has 0 bridgehead atoms. The van der Waals surface area contributed by atoms with Crippen molar-refractivity contribution in [3.05, 3.63) is 12.2 Å². The molecule has 3 rings (SSSR count). The summed E-state index contributed by atoms with van der Waals surface area (Å²) < 4.78 is 1.51. The summed E-state index contributed by atoms with van der Waals surface area (Å²) in [5.74, 6) is 0.142. The Morgan fingerprint density at radius 2 is 2.17 bits per heavy atom. The van der Waals surface area contributed by atoms with E-state index in [1.807, 2.05) is 0 Å². The summed E-state index contributed by atoms with van der Waals surface area (Å²) in [6, 6.07) is 0.143. The zero-order valence-corrected chi connectivity index (χ0v) is 10.4. The molecular weight excluding hydrogens is 234 g/mol. The minimum absolute atomic E-state index is 0.0150. The predicted molar refractivity (Wildman–Crippen MR) is 61.6 cm³/mol. The van der Waals surface area contributed by atoms with Crippen molar-refractivity contribution in [2.24, 2.45) is 7.05 Å². The largest absolute Gasteiger partial charge is 0.341 e. The molecule has 0 radical (unpaired) electrons. The molecule has 18 heavy (non-hydrogen) atoms. The molecule has 2 atom stereocenters. The molecule has 0 saturated carbocycles. The monoisotopic (exact) mass is 249 g/mol. The van der Waals surface area contributed by atoms with Gasteiger partial charge in [0.25, 0.3) is 5.91 Å². The van der Waals surface area contributed by atoms with Gasteiger partial charge in [0, 0.05) is 27.1 Å². The minimum atomic E-state index is -0.175. The van der Waals surface area contributed by atoms with Crippen LogP contribution in [0.15, 0.2) is 6.33 Å². The van der Waals surface area contributed by atoms with E-state index in [1.165, 1.54) is 11.0 Å². The van der Waals surface area contributed by atoms with Crippen LogP contribution in [0, 0.1) is 0 Å². The van der Waals surface area contributed by atoms with Gasteiger partial charge in [-0.2, -0.15) is 0 Å². The highest BCUT2D eigenvalue weighted by atomic mass is 16.2. The first-order chi connectivity index (χ1) is 8.58. The SMILES string of the molecule is CN1C(=O)C[C@H]2[C@@H]1CCN2C(=O)c1ncn(C)n1. The van der Waals surface area contributed by atoms with Gasteiger partial charge in [-0.25, -0.2) is 4.98 Å². The van der Waals surface area contributed by atoms with E-state index in [1.54, 1.807) is 23.9 Å². The fraction of sp³-hybridized carbons (Fsp3) is 0.636. The fourth-order valence-electron chi connectivity index (χ4n) is 2.86. The topological polar surface area (TPSA) is 71.3 Å². The number of carbonyl (C=O) groups excluding carboxylic acids is 2. The Balaban J connectivity index is 1.82. The number of fused-ring (bicyclic) bond motifs is 1. The molecule has 1 aromatic heterocycles. The van der Waals surface area contributed by atoms with E-state index < -0.39 is 0 Å². The Morgan fingerprint density at radius 3 is 2.83 bits per heavy atom. The van der Waals surface area contributed by atoms with Gasteiger partial charge in [0.15, 0.2) is 0 Å². The maximum atomic E-state index is 12.3. The van der Waals surface area contributed by atoms with Crippen molar-refractivity contribution in [1.82, 2.24) is 24.6 Å². The summed E-state index contributed by atoms with van der Waals surface area (Å²) in [4.78, 5) is 31.4. The van der Waals surface area contributed by atoms with Crippen molar-refractivity contribution < 1.29 is 9.59 Å². The van der Waals surface area contributed by atoms with Gasteiger partial charge in [-0.15, -0.1) is 5.10 Å². The number of likely N-dealkylation sites (N-methyl/N-ethyl adjacent to an activating group) is 1. The minimum Gasteiger partial charge on any atom is -0.341 e. The van der Waals surface area contributed by atoms with E-state index in [-0.39, 0.29) is 29.7 Å². The lowest BCUT2D eigenvalue weighted by Crippen LogP contribution is -2.39. The number of hydrogen-bond acceptors (Lipinski definition) is 4. The van der Waals surface area contributed by atoms with Gasteiger partial charge in [0.1, 0.15) is 6.33 Å². The first kappa shape index (κ1) is 11.2. The molecule has 1 aromatic rings. The maximum absolute atomic E-state index is 12.3. The predicted octanol–water partition coefficient (Wildman–Crippen LogP) is -0.740. The molecule has 2 saturated heterocycles. The first-order valence-corrected chi connectivity index (χ1v) is 6.00. The van der Waals surface area contributed by atoms with Gasteiger partial charge in [-0.05, 0) is 6.42 Å². The standard InChI is InChI=1S/C11H15N5O2/c1-14-6-12-10(13-14)11(18)16-4-3-7-8(16)5-9(17)15(7)2/h6-8H,3-5H2,1-2H3/t7-,8-/m0/s1. The second-order valence-corrected chi connectivity index (χ2v) is 4.87. The second kappa shape index (κ2) is 3.79. The van der Waals surface area contributed by atoms with Crippen molar-refractivity contribution in [1.29, 1.82) is 0 Å². The summed E-state index contributed by atoms with van der Waals surface area (Å²) in [6.45, 7) is 0.671. The van der Waals surface area contributed by atoms with Crippen LogP contribution in [-0.2, 0) is 11.8 Å². The molecule has 2 aliphatic rings. The molecule has 2 aliphatic heterocycles. The van der Waals surface area contributed by atoms with E-state index in [0.717, 1.165) is 6.42 Å². The van der Waals surface area contributed by atoms with Crippen LogP contribution in [0.5, 0.6) is 0 Å². The lowest BCUT2D eigenvalue weighted by Gasteiger charge is -2.22. The van der Waals surface area contributed by atoms with Crippen LogP contribution < -0.4 is 0 Å². The van der Waals surface area contributed by atoms with Crippen molar-refractivity contribution in [3.63, 3.8) is 0 Å². The number of amides is 2. The van der Waals surface area contributed by atoms with Crippen molar-refractivity contribution in [2.75, 3.05) is 13.6 Å². The number of aromatic nitrogens is 3. The molecule has 0 N–H and O–H groups in total. The Bertz CT molecular complexity index is 511. The molecule has 0 spiro atoms. The number of rotatable bonds is 1. The van der Waals surface area contributed by atoms with Crippen LogP contribution in [0.25, 0.3) is 0 Å². The van der Waals surface area contributed by atoms with Crippen molar-refractivity contribution >= 4 is 11.8 Å². The van der Waals surface area contributed by atoms with Crippen LogP contribution in [0.1, 0.15) is 23.5 Å². The Hall–Kier alpha value is -1.92. The summed E-state index contributed by atoms with van der Waals surface area (Å²) in [5, 5.41) is 4.02. The van der Waals surface area contributed by atoms with Gasteiger partial charge in [0.05, 0.1) is 12.1 Å². The zero-order chi connectivity index (χ0) is 12.9. The fourth-order valence-corrected chi connectivity index (χ4v) is 2.86. The molecule has 0 unspecified atom stereocenters. The Labute approximate surface area is 104 Å². The molecule has 2 amide bonds. The second-order valence-electron chi connectivity index (χ2n) is 4.87. The number of carbonyl (C=O) groups is 2. The molecule has 7 nitrogen and oxygen atoms in total. The zero-order valence-electron chi connectivity index (χ0n) is 10.4. The van der Waals surface area contributed by atoms with Crippen molar-refractivity contribution in [3.8, 4) is 0 Å². The van der Waals surface area contributed by atoms with Gasteiger partial charge in [-0.3, -0.25) is 14.3 Å². The van der Waals surface area contributed by atoms with Gasteiger partial charge >= 0.3 is 0 Å². The lowest BCUT2D eigenvalue weighted by atomic mass is 10.1. The average molecular weight is 249 g/mol. The van der Waals surface area contributed by atoms with Gasteiger partial charge in [-0.1, -0.05) is 0 Å². The highest BCUT2D eigenvalue weighted by Gasteiger charge is 2.47. The summed E-state index contributed by atoms with van der Waals surface area (Å²) >= 11 is 0. The van der Waals surface area contributed by atoms with E-state index in [9.17, 15) is 9.59 Å². The number of hydrogen-bond donors (Lipinski definition) is 0. The normalized spacial score (nSPS) is 26.9. The molecule has 3 heterocycles. The van der Waals surface area contributed by atoms with E-state index in [4.69, 9.17) is 0 Å². The van der Waals surface area contributed by atoms with Crippen molar-refractivity contribution in [2.45, 2.75) is 24.9 Å². The molecule has 2 fully saturated rings. The van der Waals surface area contributed by atoms with E-state index in [2.05, 4.69) is 10.1 Å². The quantitative estimate of drug-likeness (QED) is 0.657. The molecule has 0 aliphatic carbocycles. The third-order valence-electron chi connectivity index (χ3n) is 3.84. The molecule has 7 heteroatoms. The maximum Gasteiger partial charge on any atom is 0.293 e. The smallest absolute Gasteiger partial charge is 0.293 e. The third kappa shape index (κ3) is 1.50. The van der Waals surface area contributed by atoms with E-state index >= 15 is 0 Å².